The van der Waals surface area contributed by atoms with Crippen molar-refractivity contribution in [2.24, 2.45) is 5.41 Å². The van der Waals surface area contributed by atoms with E-state index < -0.39 is 28.1 Å². The van der Waals surface area contributed by atoms with Crippen molar-refractivity contribution in [3.63, 3.8) is 0 Å². The van der Waals surface area contributed by atoms with Gasteiger partial charge in [0, 0.05) is 34.8 Å². The predicted octanol–water partition coefficient (Wildman–Crippen LogP) is 3.16. The first-order valence-electron chi connectivity index (χ1n) is 8.15. The molecule has 1 aliphatic carbocycles. The van der Waals surface area contributed by atoms with Crippen LogP contribution in [0.15, 0.2) is 53.0 Å². The van der Waals surface area contributed by atoms with E-state index in [9.17, 15) is 19.7 Å². The van der Waals surface area contributed by atoms with Crippen LogP contribution < -0.4 is 5.32 Å². The molecule has 0 aliphatic heterocycles. The molecule has 26 heavy (non-hydrogen) atoms. The molecule has 2 unspecified atom stereocenters. The summed E-state index contributed by atoms with van der Waals surface area (Å²) in [5.41, 5.74) is 0.140. The van der Waals surface area contributed by atoms with Crippen LogP contribution in [-0.2, 0) is 17.8 Å². The number of nitro groups is 1. The first kappa shape index (κ1) is 18.3. The van der Waals surface area contributed by atoms with Crippen LogP contribution in [0.3, 0.4) is 0 Å². The van der Waals surface area contributed by atoms with E-state index >= 15 is 0 Å². The van der Waals surface area contributed by atoms with Gasteiger partial charge in [0.2, 0.25) is 11.9 Å². The summed E-state index contributed by atoms with van der Waals surface area (Å²) in [5.74, 6) is -1.10. The first-order chi connectivity index (χ1) is 12.4. The summed E-state index contributed by atoms with van der Waals surface area (Å²) in [6.07, 6.45) is 0.0172. The Balaban J connectivity index is 1.95. The van der Waals surface area contributed by atoms with Gasteiger partial charge in [0.25, 0.3) is 0 Å². The second-order valence-corrected chi connectivity index (χ2v) is 7.32. The average molecular weight is 417 g/mol. The van der Waals surface area contributed by atoms with E-state index in [4.69, 9.17) is 0 Å². The minimum Gasteiger partial charge on any atom is -0.351 e. The van der Waals surface area contributed by atoms with Gasteiger partial charge in [0.1, 0.15) is 0 Å². The number of carbonyl (C=O) groups excluding carboxylic acids is 2. The highest BCUT2D eigenvalue weighted by molar-refractivity contribution is 9.10. The van der Waals surface area contributed by atoms with E-state index in [1.807, 2.05) is 30.3 Å². The maximum atomic E-state index is 13.0. The molecule has 2 aromatic rings. The predicted molar refractivity (Wildman–Crippen MR) is 99.4 cm³/mol. The molecule has 3 rings (SSSR count). The van der Waals surface area contributed by atoms with Gasteiger partial charge >= 0.3 is 0 Å². The van der Waals surface area contributed by atoms with Crippen LogP contribution in [0.5, 0.6) is 0 Å². The molecule has 0 bridgehead atoms. The van der Waals surface area contributed by atoms with Gasteiger partial charge in [-0.15, -0.1) is 0 Å². The van der Waals surface area contributed by atoms with Crippen molar-refractivity contribution in [2.45, 2.75) is 25.9 Å². The lowest BCUT2D eigenvalue weighted by Crippen LogP contribution is -2.54. The molecule has 1 N–H and O–H groups in total. The highest BCUT2D eigenvalue weighted by atomic mass is 79.9. The molecule has 0 saturated heterocycles. The van der Waals surface area contributed by atoms with Crippen LogP contribution in [0, 0.1) is 15.5 Å². The van der Waals surface area contributed by atoms with Crippen molar-refractivity contribution < 1.29 is 14.5 Å². The molecule has 0 spiro atoms. The van der Waals surface area contributed by atoms with Gasteiger partial charge in [-0.1, -0.05) is 46.3 Å². The molecule has 0 aromatic heterocycles. The topological polar surface area (TPSA) is 89.3 Å². The lowest BCUT2D eigenvalue weighted by atomic mass is 9.76. The molecule has 0 heterocycles. The smallest absolute Gasteiger partial charge is 0.241 e. The van der Waals surface area contributed by atoms with E-state index in [0.29, 0.717) is 11.1 Å². The molecule has 0 fully saturated rings. The van der Waals surface area contributed by atoms with Crippen molar-refractivity contribution in [3.05, 3.63) is 79.8 Å². The number of nitrogens with zero attached hydrogens (tertiary/aromatic N) is 1. The second kappa shape index (κ2) is 6.99. The number of carbonyl (C=O) groups is 2. The minimum absolute atomic E-state index is 0.0172. The molecule has 1 amide bonds. The van der Waals surface area contributed by atoms with Gasteiger partial charge in [-0.25, -0.2) is 0 Å². The Morgan fingerprint density at radius 2 is 2.00 bits per heavy atom. The second-order valence-electron chi connectivity index (χ2n) is 6.41. The Kier molecular flexibility index (Phi) is 4.91. The van der Waals surface area contributed by atoms with Crippen LogP contribution in [0.4, 0.5) is 0 Å². The molecule has 1 aliphatic rings. The number of hydrogen-bond acceptors (Lipinski definition) is 4. The standard InChI is InChI=1S/C19H17BrN2O4/c1-12(22(25)26)19(18(24)21-11-13-5-3-2-4-6-13)10-14-9-15(20)7-8-16(14)17(19)23/h2-9,12H,10-11H2,1H3,(H,21,24). The van der Waals surface area contributed by atoms with E-state index in [1.165, 1.54) is 6.92 Å². The summed E-state index contributed by atoms with van der Waals surface area (Å²) < 4.78 is 0.762. The highest BCUT2D eigenvalue weighted by Crippen LogP contribution is 2.42. The third kappa shape index (κ3) is 3.03. The molecule has 2 atom stereocenters. The average Bonchev–Trinajstić information content (AvgIpc) is 2.92. The van der Waals surface area contributed by atoms with Gasteiger partial charge in [0.15, 0.2) is 11.2 Å². The largest absolute Gasteiger partial charge is 0.351 e. The summed E-state index contributed by atoms with van der Waals surface area (Å²) in [6, 6.07) is 12.9. The van der Waals surface area contributed by atoms with Gasteiger partial charge < -0.3 is 5.32 Å². The molecule has 0 radical (unpaired) electrons. The molecule has 0 saturated carbocycles. The van der Waals surface area contributed by atoms with Crippen LogP contribution in [0.1, 0.15) is 28.4 Å². The monoisotopic (exact) mass is 416 g/mol. The fourth-order valence-corrected chi connectivity index (χ4v) is 3.79. The summed E-state index contributed by atoms with van der Waals surface area (Å²) in [6.45, 7) is 1.53. The van der Waals surface area contributed by atoms with E-state index in [-0.39, 0.29) is 13.0 Å². The van der Waals surface area contributed by atoms with Crippen LogP contribution in [0.2, 0.25) is 0 Å². The number of amides is 1. The summed E-state index contributed by atoms with van der Waals surface area (Å²) in [7, 11) is 0. The van der Waals surface area contributed by atoms with E-state index in [2.05, 4.69) is 21.2 Å². The maximum Gasteiger partial charge on any atom is 0.241 e. The number of hydrogen-bond donors (Lipinski definition) is 1. The van der Waals surface area contributed by atoms with Gasteiger partial charge in [0.05, 0.1) is 0 Å². The number of ketones is 1. The highest BCUT2D eigenvalue weighted by Gasteiger charge is 2.60. The van der Waals surface area contributed by atoms with Crippen LogP contribution in [-0.4, -0.2) is 22.7 Å². The lowest BCUT2D eigenvalue weighted by Gasteiger charge is -2.27. The first-order valence-corrected chi connectivity index (χ1v) is 8.94. The fraction of sp³-hybridized carbons (Fsp3) is 0.263. The maximum absolute atomic E-state index is 13.0. The number of fused-ring (bicyclic) bond motifs is 1. The van der Waals surface area contributed by atoms with Crippen molar-refractivity contribution in [1.82, 2.24) is 5.32 Å². The van der Waals surface area contributed by atoms with E-state index in [1.54, 1.807) is 18.2 Å². The van der Waals surface area contributed by atoms with Crippen LogP contribution >= 0.6 is 15.9 Å². The Bertz CT molecular complexity index is 884. The van der Waals surface area contributed by atoms with Gasteiger partial charge in [-0.3, -0.25) is 19.7 Å². The summed E-state index contributed by atoms with van der Waals surface area (Å²) in [4.78, 5) is 37.0. The van der Waals surface area contributed by atoms with Gasteiger partial charge in [-0.05, 0) is 29.3 Å². The number of rotatable bonds is 5. The quantitative estimate of drug-likeness (QED) is 0.460. The number of benzene rings is 2. The summed E-state index contributed by atoms with van der Waals surface area (Å²) in [5, 5.41) is 14.2. The zero-order chi connectivity index (χ0) is 18.9. The van der Waals surface area contributed by atoms with Crippen molar-refractivity contribution >= 4 is 27.6 Å². The molecule has 134 valence electrons. The summed E-state index contributed by atoms with van der Waals surface area (Å²) >= 11 is 3.34. The Labute approximate surface area is 158 Å². The number of Topliss-reactive ketones (excluding diaryl/α,β-unsaturated/α-hetero) is 1. The number of halogens is 1. The number of nitrogens with one attached hydrogen (secondary N) is 1. The van der Waals surface area contributed by atoms with Crippen molar-refractivity contribution in [2.75, 3.05) is 0 Å². The molecule has 6 nitrogen and oxygen atoms in total. The van der Waals surface area contributed by atoms with Crippen molar-refractivity contribution in [1.29, 1.82) is 0 Å². The molecule has 7 heteroatoms. The Morgan fingerprint density at radius 3 is 2.65 bits per heavy atom. The fourth-order valence-electron chi connectivity index (χ4n) is 3.38. The van der Waals surface area contributed by atoms with E-state index in [0.717, 1.165) is 10.0 Å². The van der Waals surface area contributed by atoms with Crippen molar-refractivity contribution in [3.8, 4) is 0 Å². The normalized spacial score (nSPS) is 19.7. The Hall–Kier alpha value is -2.54. The zero-order valence-corrected chi connectivity index (χ0v) is 15.7. The SMILES string of the molecule is CC([N+](=O)[O-])C1(C(=O)NCc2ccccc2)Cc2cc(Br)ccc2C1=O. The third-order valence-corrected chi connectivity index (χ3v) is 5.41. The zero-order valence-electron chi connectivity index (χ0n) is 14.1. The molecule has 2 aromatic carbocycles. The Morgan fingerprint density at radius 1 is 1.31 bits per heavy atom. The minimum atomic E-state index is -1.73. The van der Waals surface area contributed by atoms with Crippen LogP contribution in [0.25, 0.3) is 0 Å². The van der Waals surface area contributed by atoms with Gasteiger partial charge in [-0.2, -0.15) is 0 Å². The lowest BCUT2D eigenvalue weighted by molar-refractivity contribution is -0.529. The third-order valence-electron chi connectivity index (χ3n) is 4.92. The molecular weight excluding hydrogens is 400 g/mol. The molecular formula is C19H17BrN2O4.